The first-order chi connectivity index (χ1) is 9.45. The maximum Gasteiger partial charge on any atom is 0.315 e. The quantitative estimate of drug-likeness (QED) is 0.836. The van der Waals surface area contributed by atoms with Crippen molar-refractivity contribution in [2.24, 2.45) is 0 Å². The number of nitrogens with zero attached hydrogens (tertiary/aromatic N) is 1. The van der Waals surface area contributed by atoms with Gasteiger partial charge in [-0.2, -0.15) is 0 Å². The van der Waals surface area contributed by atoms with E-state index in [4.69, 9.17) is 0 Å². The predicted octanol–water partition coefficient (Wildman–Crippen LogP) is 2.48. The minimum Gasteiger partial charge on any atom is -0.318 e. The smallest absolute Gasteiger partial charge is 0.315 e. The normalized spacial score (nSPS) is 10.2. The lowest BCUT2D eigenvalue weighted by atomic mass is 10.3. The summed E-state index contributed by atoms with van der Waals surface area (Å²) in [7, 11) is 0. The highest BCUT2D eigenvalue weighted by atomic mass is 32.1. The monoisotopic (exact) mass is 293 g/mol. The zero-order chi connectivity index (χ0) is 14.7. The number of thiazole rings is 1. The fourth-order valence-electron chi connectivity index (χ4n) is 1.43. The van der Waals surface area contributed by atoms with Gasteiger partial charge in [-0.3, -0.25) is 14.9 Å². The zero-order valence-corrected chi connectivity index (χ0v) is 11.7. The van der Waals surface area contributed by atoms with E-state index in [1.165, 1.54) is 29.5 Å². The predicted molar refractivity (Wildman–Crippen MR) is 75.2 cm³/mol. The lowest BCUT2D eigenvalue weighted by Gasteiger charge is -2.04. The fraction of sp³-hybridized carbons (Fsp3) is 0.154. The van der Waals surface area contributed by atoms with Gasteiger partial charge >= 0.3 is 11.8 Å². The molecule has 1 heterocycles. The third-order valence-electron chi connectivity index (χ3n) is 2.54. The molecule has 0 saturated heterocycles. The molecule has 2 N–H and O–H groups in total. The van der Waals surface area contributed by atoms with Crippen LogP contribution in [0.15, 0.2) is 24.3 Å². The van der Waals surface area contributed by atoms with Crippen molar-refractivity contribution in [1.82, 2.24) is 4.98 Å². The summed E-state index contributed by atoms with van der Waals surface area (Å²) in [6.07, 6.45) is 0. The fourth-order valence-corrected chi connectivity index (χ4v) is 2.24. The minimum absolute atomic E-state index is 0.219. The van der Waals surface area contributed by atoms with Crippen LogP contribution in [0.4, 0.5) is 15.2 Å². The van der Waals surface area contributed by atoms with Crippen LogP contribution < -0.4 is 10.6 Å². The van der Waals surface area contributed by atoms with Gasteiger partial charge in [-0.1, -0.05) is 6.07 Å². The minimum atomic E-state index is -0.874. The van der Waals surface area contributed by atoms with Crippen molar-refractivity contribution in [1.29, 1.82) is 0 Å². The van der Waals surface area contributed by atoms with Gasteiger partial charge in [-0.15, -0.1) is 11.3 Å². The highest BCUT2D eigenvalue weighted by Gasteiger charge is 2.16. The van der Waals surface area contributed by atoms with Crippen LogP contribution in [0.25, 0.3) is 0 Å². The Labute approximate surface area is 118 Å². The van der Waals surface area contributed by atoms with Crippen molar-refractivity contribution in [2.45, 2.75) is 13.8 Å². The first-order valence-corrected chi connectivity index (χ1v) is 6.59. The van der Waals surface area contributed by atoms with Crippen LogP contribution in [-0.4, -0.2) is 16.8 Å². The van der Waals surface area contributed by atoms with Crippen LogP contribution >= 0.6 is 11.3 Å². The number of carbonyl (C=O) groups excluding carboxylic acids is 2. The van der Waals surface area contributed by atoms with Gasteiger partial charge in [-0.25, -0.2) is 9.37 Å². The van der Waals surface area contributed by atoms with E-state index in [2.05, 4.69) is 15.6 Å². The highest BCUT2D eigenvalue weighted by Crippen LogP contribution is 2.21. The number of hydrogen-bond donors (Lipinski definition) is 2. The SMILES string of the molecule is Cc1nc(NC(=O)C(=O)Nc2cccc(F)c2)sc1C. The van der Waals surface area contributed by atoms with Crippen molar-refractivity contribution >= 4 is 34.0 Å². The molecule has 104 valence electrons. The van der Waals surface area contributed by atoms with Gasteiger partial charge < -0.3 is 5.32 Å². The lowest BCUT2D eigenvalue weighted by Crippen LogP contribution is -2.29. The molecule has 1 aromatic carbocycles. The molecule has 0 radical (unpaired) electrons. The summed E-state index contributed by atoms with van der Waals surface area (Å²) < 4.78 is 13.0. The van der Waals surface area contributed by atoms with E-state index in [1.807, 2.05) is 13.8 Å². The average molecular weight is 293 g/mol. The summed E-state index contributed by atoms with van der Waals surface area (Å²) in [5.74, 6) is -2.21. The Morgan fingerprint density at radius 3 is 2.50 bits per heavy atom. The molecule has 2 rings (SSSR count). The number of aryl methyl sites for hydroxylation is 2. The Morgan fingerprint density at radius 2 is 1.90 bits per heavy atom. The van der Waals surface area contributed by atoms with Crippen LogP contribution in [0.2, 0.25) is 0 Å². The molecule has 7 heteroatoms. The van der Waals surface area contributed by atoms with Gasteiger partial charge in [0.1, 0.15) is 5.82 Å². The van der Waals surface area contributed by atoms with E-state index in [1.54, 1.807) is 0 Å². The van der Waals surface area contributed by atoms with E-state index in [9.17, 15) is 14.0 Å². The summed E-state index contributed by atoms with van der Waals surface area (Å²) in [5, 5.41) is 5.07. The molecule has 5 nitrogen and oxygen atoms in total. The third kappa shape index (κ3) is 3.39. The van der Waals surface area contributed by atoms with Crippen LogP contribution in [0.1, 0.15) is 10.6 Å². The molecule has 20 heavy (non-hydrogen) atoms. The number of carbonyl (C=O) groups is 2. The first kappa shape index (κ1) is 14.1. The van der Waals surface area contributed by atoms with Crippen molar-refractivity contribution in [3.8, 4) is 0 Å². The largest absolute Gasteiger partial charge is 0.318 e. The summed E-state index contributed by atoms with van der Waals surface area (Å²) in [6.45, 7) is 3.68. The second-order valence-corrected chi connectivity index (χ2v) is 5.28. The van der Waals surface area contributed by atoms with E-state index in [-0.39, 0.29) is 5.69 Å². The van der Waals surface area contributed by atoms with Crippen LogP contribution in [0.5, 0.6) is 0 Å². The molecule has 0 aliphatic carbocycles. The molecule has 2 amide bonds. The van der Waals surface area contributed by atoms with Gasteiger partial charge in [0.2, 0.25) is 0 Å². The maximum absolute atomic E-state index is 13.0. The van der Waals surface area contributed by atoms with Crippen LogP contribution in [0, 0.1) is 19.7 Å². The van der Waals surface area contributed by atoms with E-state index in [0.29, 0.717) is 5.13 Å². The molecule has 0 bridgehead atoms. The molecule has 0 atom stereocenters. The number of amides is 2. The molecule has 0 aliphatic rings. The summed E-state index contributed by atoms with van der Waals surface area (Å²) in [4.78, 5) is 28.4. The Balaban J connectivity index is 2.00. The Bertz CT molecular complexity index is 650. The molecule has 0 aliphatic heterocycles. The van der Waals surface area contributed by atoms with Crippen molar-refractivity contribution in [3.05, 3.63) is 40.7 Å². The first-order valence-electron chi connectivity index (χ1n) is 5.77. The Kier molecular flexibility index (Phi) is 4.09. The van der Waals surface area contributed by atoms with E-state index in [0.717, 1.165) is 16.6 Å². The summed E-state index contributed by atoms with van der Waals surface area (Å²) in [5.41, 5.74) is 1.02. The highest BCUT2D eigenvalue weighted by molar-refractivity contribution is 7.15. The second kappa shape index (κ2) is 5.79. The van der Waals surface area contributed by atoms with E-state index >= 15 is 0 Å². The third-order valence-corrected chi connectivity index (χ3v) is 3.53. The lowest BCUT2D eigenvalue weighted by molar-refractivity contribution is -0.133. The maximum atomic E-state index is 13.0. The zero-order valence-electron chi connectivity index (χ0n) is 10.9. The van der Waals surface area contributed by atoms with Crippen molar-refractivity contribution in [3.63, 3.8) is 0 Å². The molecule has 1 aromatic heterocycles. The molecule has 0 unspecified atom stereocenters. The number of rotatable bonds is 2. The molecular weight excluding hydrogens is 281 g/mol. The number of halogens is 1. The van der Waals surface area contributed by atoms with Crippen LogP contribution in [0.3, 0.4) is 0 Å². The van der Waals surface area contributed by atoms with Gasteiger partial charge in [0.05, 0.1) is 5.69 Å². The van der Waals surface area contributed by atoms with Gasteiger partial charge in [0.25, 0.3) is 0 Å². The van der Waals surface area contributed by atoms with Gasteiger partial charge in [-0.05, 0) is 32.0 Å². The molecule has 2 aromatic rings. The summed E-state index contributed by atoms with van der Waals surface area (Å²) in [6, 6.07) is 5.31. The second-order valence-electron chi connectivity index (χ2n) is 4.08. The van der Waals surface area contributed by atoms with Crippen molar-refractivity contribution in [2.75, 3.05) is 10.6 Å². The number of benzene rings is 1. The van der Waals surface area contributed by atoms with Crippen LogP contribution in [-0.2, 0) is 9.59 Å². The molecular formula is C13H12FN3O2S. The molecule has 0 spiro atoms. The number of aromatic nitrogens is 1. The number of nitrogens with one attached hydrogen (secondary N) is 2. The standard InChI is InChI=1S/C13H12FN3O2S/c1-7-8(2)20-13(15-7)17-12(19)11(18)16-10-5-3-4-9(14)6-10/h3-6H,1-2H3,(H,16,18)(H,15,17,19). The van der Waals surface area contributed by atoms with E-state index < -0.39 is 17.6 Å². The van der Waals surface area contributed by atoms with Gasteiger partial charge in [0.15, 0.2) is 5.13 Å². The molecule has 0 saturated carbocycles. The summed E-state index contributed by atoms with van der Waals surface area (Å²) >= 11 is 1.29. The number of anilines is 2. The Morgan fingerprint density at radius 1 is 1.20 bits per heavy atom. The van der Waals surface area contributed by atoms with Gasteiger partial charge in [0, 0.05) is 10.6 Å². The number of hydrogen-bond acceptors (Lipinski definition) is 4. The Hall–Kier alpha value is -2.28. The molecule has 0 fully saturated rings. The average Bonchev–Trinajstić information content (AvgIpc) is 2.68. The topological polar surface area (TPSA) is 71.1 Å². The van der Waals surface area contributed by atoms with Crippen molar-refractivity contribution < 1.29 is 14.0 Å².